The number of carboxylic acid groups (broad SMARTS) is 1. The van der Waals surface area contributed by atoms with Crippen LogP contribution in [0.25, 0.3) is 11.3 Å². The van der Waals surface area contributed by atoms with Gasteiger partial charge in [-0.2, -0.15) is 0 Å². The zero-order valence-electron chi connectivity index (χ0n) is 9.96. The molecule has 1 N–H and O–H groups in total. The van der Waals surface area contributed by atoms with E-state index in [1.165, 1.54) is 11.4 Å². The SMILES string of the molecule is CC1CC1c1nc(-c2ccc(C(=O)O)cc2)cs1. The highest BCUT2D eigenvalue weighted by atomic mass is 32.1. The van der Waals surface area contributed by atoms with Crippen molar-refractivity contribution in [2.24, 2.45) is 5.92 Å². The van der Waals surface area contributed by atoms with E-state index in [0.717, 1.165) is 17.2 Å². The first-order chi connectivity index (χ1) is 8.65. The predicted molar refractivity (Wildman–Crippen MR) is 71.0 cm³/mol. The van der Waals surface area contributed by atoms with Crippen LogP contribution in [-0.4, -0.2) is 16.1 Å². The Labute approximate surface area is 109 Å². The number of carbonyl (C=O) groups is 1. The first-order valence-electron chi connectivity index (χ1n) is 5.94. The summed E-state index contributed by atoms with van der Waals surface area (Å²) in [6, 6.07) is 6.88. The Morgan fingerprint density at radius 1 is 1.39 bits per heavy atom. The van der Waals surface area contributed by atoms with Crippen LogP contribution >= 0.6 is 11.3 Å². The van der Waals surface area contributed by atoms with Gasteiger partial charge in [-0.1, -0.05) is 19.1 Å². The molecule has 92 valence electrons. The maximum absolute atomic E-state index is 10.8. The van der Waals surface area contributed by atoms with E-state index in [0.29, 0.717) is 11.5 Å². The van der Waals surface area contributed by atoms with Crippen LogP contribution in [-0.2, 0) is 0 Å². The number of rotatable bonds is 3. The minimum Gasteiger partial charge on any atom is -0.478 e. The van der Waals surface area contributed by atoms with Gasteiger partial charge in [0.1, 0.15) is 0 Å². The molecule has 0 bridgehead atoms. The van der Waals surface area contributed by atoms with Gasteiger partial charge in [-0.15, -0.1) is 11.3 Å². The van der Waals surface area contributed by atoms with E-state index >= 15 is 0 Å². The first kappa shape index (κ1) is 11.4. The van der Waals surface area contributed by atoms with Crippen LogP contribution in [0.5, 0.6) is 0 Å². The molecule has 1 aliphatic carbocycles. The van der Waals surface area contributed by atoms with Crippen LogP contribution in [0.3, 0.4) is 0 Å². The molecule has 18 heavy (non-hydrogen) atoms. The van der Waals surface area contributed by atoms with Crippen molar-refractivity contribution < 1.29 is 9.90 Å². The Hall–Kier alpha value is -1.68. The lowest BCUT2D eigenvalue weighted by molar-refractivity contribution is 0.0697. The standard InChI is InChI=1S/C14H13NO2S/c1-8-6-11(8)13-15-12(7-18-13)9-2-4-10(5-3-9)14(16)17/h2-5,7-8,11H,6H2,1H3,(H,16,17). The van der Waals surface area contributed by atoms with Crippen LogP contribution < -0.4 is 0 Å². The van der Waals surface area contributed by atoms with Crippen LogP contribution in [0.4, 0.5) is 0 Å². The van der Waals surface area contributed by atoms with Crippen molar-refractivity contribution in [3.8, 4) is 11.3 Å². The number of aromatic carboxylic acids is 1. The molecule has 0 radical (unpaired) electrons. The summed E-state index contributed by atoms with van der Waals surface area (Å²) in [5, 5.41) is 12.1. The average Bonchev–Trinajstić information content (AvgIpc) is 2.92. The van der Waals surface area contributed by atoms with E-state index in [-0.39, 0.29) is 0 Å². The van der Waals surface area contributed by atoms with E-state index in [1.807, 2.05) is 12.1 Å². The molecule has 2 atom stereocenters. The largest absolute Gasteiger partial charge is 0.478 e. The van der Waals surface area contributed by atoms with Gasteiger partial charge in [-0.3, -0.25) is 0 Å². The van der Waals surface area contributed by atoms with Crippen LogP contribution in [0, 0.1) is 5.92 Å². The van der Waals surface area contributed by atoms with Crippen molar-refractivity contribution in [2.45, 2.75) is 19.3 Å². The number of aromatic nitrogens is 1. The summed E-state index contributed by atoms with van der Waals surface area (Å²) in [6.07, 6.45) is 1.24. The van der Waals surface area contributed by atoms with Crippen molar-refractivity contribution in [3.05, 3.63) is 40.2 Å². The third kappa shape index (κ3) is 2.04. The van der Waals surface area contributed by atoms with Gasteiger partial charge in [0.2, 0.25) is 0 Å². The second-order valence-corrected chi connectivity index (χ2v) is 5.66. The molecule has 1 aromatic heterocycles. The Morgan fingerprint density at radius 3 is 2.61 bits per heavy atom. The van der Waals surface area contributed by atoms with Crippen LogP contribution in [0.15, 0.2) is 29.6 Å². The molecule has 0 aliphatic heterocycles. The highest BCUT2D eigenvalue weighted by Crippen LogP contribution is 2.48. The number of benzene rings is 1. The maximum Gasteiger partial charge on any atom is 0.335 e. The predicted octanol–water partition coefficient (Wildman–Crippen LogP) is 3.63. The monoisotopic (exact) mass is 259 g/mol. The van der Waals surface area contributed by atoms with Gasteiger partial charge in [0, 0.05) is 16.9 Å². The molecular weight excluding hydrogens is 246 g/mol. The highest BCUT2D eigenvalue weighted by molar-refractivity contribution is 7.10. The Kier molecular flexibility index (Phi) is 2.67. The molecule has 2 aromatic rings. The third-order valence-electron chi connectivity index (χ3n) is 3.38. The van der Waals surface area contributed by atoms with Gasteiger partial charge in [0.05, 0.1) is 16.3 Å². The van der Waals surface area contributed by atoms with Gasteiger partial charge >= 0.3 is 5.97 Å². The molecule has 1 heterocycles. The molecule has 0 saturated heterocycles. The first-order valence-corrected chi connectivity index (χ1v) is 6.82. The molecule has 1 aromatic carbocycles. The minimum absolute atomic E-state index is 0.310. The van der Waals surface area contributed by atoms with E-state index in [4.69, 9.17) is 5.11 Å². The highest BCUT2D eigenvalue weighted by Gasteiger charge is 2.36. The van der Waals surface area contributed by atoms with Gasteiger partial charge < -0.3 is 5.11 Å². The summed E-state index contributed by atoms with van der Waals surface area (Å²) < 4.78 is 0. The number of nitrogens with zero attached hydrogens (tertiary/aromatic N) is 1. The fourth-order valence-corrected chi connectivity index (χ4v) is 3.12. The summed E-state index contributed by atoms with van der Waals surface area (Å²) in [6.45, 7) is 2.24. The lowest BCUT2D eigenvalue weighted by Crippen LogP contribution is -1.95. The van der Waals surface area contributed by atoms with Crippen molar-refractivity contribution in [1.82, 2.24) is 4.98 Å². The molecule has 4 heteroatoms. The van der Waals surface area contributed by atoms with E-state index in [1.54, 1.807) is 23.5 Å². The molecule has 1 aliphatic rings. The molecule has 1 fully saturated rings. The van der Waals surface area contributed by atoms with E-state index in [9.17, 15) is 4.79 Å². The van der Waals surface area contributed by atoms with Gasteiger partial charge in [-0.25, -0.2) is 9.78 Å². The van der Waals surface area contributed by atoms with Crippen molar-refractivity contribution >= 4 is 17.3 Å². The molecule has 2 unspecified atom stereocenters. The zero-order chi connectivity index (χ0) is 12.7. The lowest BCUT2D eigenvalue weighted by Gasteiger charge is -1.98. The van der Waals surface area contributed by atoms with Crippen LogP contribution in [0.2, 0.25) is 0 Å². The van der Waals surface area contributed by atoms with Crippen molar-refractivity contribution in [1.29, 1.82) is 0 Å². The second-order valence-electron chi connectivity index (χ2n) is 4.77. The van der Waals surface area contributed by atoms with Gasteiger partial charge in [0.15, 0.2) is 0 Å². The summed E-state index contributed by atoms with van der Waals surface area (Å²) >= 11 is 1.70. The fraction of sp³-hybridized carbons (Fsp3) is 0.286. The molecular formula is C14H13NO2S. The lowest BCUT2D eigenvalue weighted by atomic mass is 10.1. The average molecular weight is 259 g/mol. The molecule has 0 amide bonds. The fourth-order valence-electron chi connectivity index (χ4n) is 2.04. The third-order valence-corrected chi connectivity index (χ3v) is 4.35. The van der Waals surface area contributed by atoms with E-state index in [2.05, 4.69) is 17.3 Å². The summed E-state index contributed by atoms with van der Waals surface area (Å²) in [7, 11) is 0. The number of hydrogen-bond donors (Lipinski definition) is 1. The maximum atomic E-state index is 10.8. The smallest absolute Gasteiger partial charge is 0.335 e. The molecule has 1 saturated carbocycles. The zero-order valence-corrected chi connectivity index (χ0v) is 10.8. The summed E-state index contributed by atoms with van der Waals surface area (Å²) in [5.74, 6) is 0.507. The topological polar surface area (TPSA) is 50.2 Å². The van der Waals surface area contributed by atoms with E-state index < -0.39 is 5.97 Å². The number of thiazole rings is 1. The van der Waals surface area contributed by atoms with Crippen molar-refractivity contribution in [3.63, 3.8) is 0 Å². The molecule has 0 spiro atoms. The van der Waals surface area contributed by atoms with Crippen LogP contribution in [0.1, 0.15) is 34.6 Å². The minimum atomic E-state index is -0.896. The Balaban J connectivity index is 1.85. The van der Waals surface area contributed by atoms with Gasteiger partial charge in [0.25, 0.3) is 0 Å². The van der Waals surface area contributed by atoms with Gasteiger partial charge in [-0.05, 0) is 24.5 Å². The summed E-state index contributed by atoms with van der Waals surface area (Å²) in [5.41, 5.74) is 2.24. The normalized spacial score (nSPS) is 21.8. The second kappa shape index (κ2) is 4.21. The Bertz CT molecular complexity index is 588. The Morgan fingerprint density at radius 2 is 2.06 bits per heavy atom. The quantitative estimate of drug-likeness (QED) is 0.915. The summed E-state index contributed by atoms with van der Waals surface area (Å²) in [4.78, 5) is 15.4. The number of hydrogen-bond acceptors (Lipinski definition) is 3. The molecule has 3 rings (SSSR count). The molecule has 3 nitrogen and oxygen atoms in total. The number of carboxylic acids is 1. The van der Waals surface area contributed by atoms with Crippen molar-refractivity contribution in [2.75, 3.05) is 0 Å².